The molecule has 0 aromatic heterocycles. The largest absolute Gasteiger partial charge is 0.356 e. The summed E-state index contributed by atoms with van der Waals surface area (Å²) in [4.78, 5) is 23.2. The summed E-state index contributed by atoms with van der Waals surface area (Å²) in [6.45, 7) is 5.86. The highest BCUT2D eigenvalue weighted by Crippen LogP contribution is 2.02. The van der Waals surface area contributed by atoms with Crippen LogP contribution in [0.3, 0.4) is 0 Å². The third kappa shape index (κ3) is 15.3. The van der Waals surface area contributed by atoms with E-state index in [9.17, 15) is 9.59 Å². The molecule has 0 heterocycles. The number of hydrogen-bond acceptors (Lipinski definition) is 2. The molecule has 0 unspecified atom stereocenters. The summed E-state index contributed by atoms with van der Waals surface area (Å²) in [6.07, 6.45) is 12.5. The van der Waals surface area contributed by atoms with Crippen LogP contribution >= 0.6 is 0 Å². The highest BCUT2D eigenvalue weighted by atomic mass is 16.2. The highest BCUT2D eigenvalue weighted by molar-refractivity contribution is 5.83. The summed E-state index contributed by atoms with van der Waals surface area (Å²) >= 11 is 0. The molecule has 2 N–H and O–H groups in total. The van der Waals surface area contributed by atoms with Crippen molar-refractivity contribution in [2.24, 2.45) is 0 Å². The van der Waals surface area contributed by atoms with Crippen molar-refractivity contribution in [1.29, 1.82) is 0 Å². The molecule has 0 radical (unpaired) electrons. The zero-order valence-corrected chi connectivity index (χ0v) is 14.7. The molecule has 0 aliphatic carbocycles. The first-order valence-electron chi connectivity index (χ1n) is 9.24. The molecule has 0 aliphatic rings. The third-order valence-corrected chi connectivity index (χ3v) is 3.78. The molecule has 0 atom stereocenters. The molecule has 130 valence electrons. The third-order valence-electron chi connectivity index (χ3n) is 3.78. The molecule has 22 heavy (non-hydrogen) atoms. The Bertz CT molecular complexity index is 252. The van der Waals surface area contributed by atoms with Gasteiger partial charge in [-0.1, -0.05) is 65.2 Å². The number of carbonyl (C=O) groups is 2. The van der Waals surface area contributed by atoms with E-state index in [4.69, 9.17) is 0 Å². The van der Waals surface area contributed by atoms with Gasteiger partial charge in [0.1, 0.15) is 0 Å². The first-order valence-corrected chi connectivity index (χ1v) is 9.24. The van der Waals surface area contributed by atoms with E-state index in [0.717, 1.165) is 25.9 Å². The molecule has 0 bridgehead atoms. The van der Waals surface area contributed by atoms with Crippen molar-refractivity contribution in [3.8, 4) is 0 Å². The van der Waals surface area contributed by atoms with Gasteiger partial charge in [0, 0.05) is 25.9 Å². The van der Waals surface area contributed by atoms with Crippen LogP contribution in [0.5, 0.6) is 0 Å². The van der Waals surface area contributed by atoms with Crippen LogP contribution in [0.1, 0.15) is 90.9 Å². The van der Waals surface area contributed by atoms with Crippen molar-refractivity contribution in [2.45, 2.75) is 90.9 Å². The average Bonchev–Trinajstić information content (AvgIpc) is 2.52. The van der Waals surface area contributed by atoms with Gasteiger partial charge in [-0.3, -0.25) is 9.59 Å². The van der Waals surface area contributed by atoms with Crippen LogP contribution in [0, 0.1) is 0 Å². The number of amides is 2. The van der Waals surface area contributed by atoms with Crippen molar-refractivity contribution in [3.05, 3.63) is 0 Å². The molecule has 0 aromatic carbocycles. The predicted octanol–water partition coefficient (Wildman–Crippen LogP) is 3.94. The van der Waals surface area contributed by atoms with E-state index in [-0.39, 0.29) is 11.8 Å². The van der Waals surface area contributed by atoms with E-state index in [1.54, 1.807) is 0 Å². The predicted molar refractivity (Wildman–Crippen MR) is 92.8 cm³/mol. The van der Waals surface area contributed by atoms with Crippen LogP contribution in [0.15, 0.2) is 0 Å². The summed E-state index contributed by atoms with van der Waals surface area (Å²) in [5.74, 6) is -0.0119. The maximum atomic E-state index is 11.6. The molecule has 0 aromatic rings. The molecule has 0 saturated carbocycles. The van der Waals surface area contributed by atoms with Crippen molar-refractivity contribution < 1.29 is 9.59 Å². The molecule has 0 fully saturated rings. The summed E-state index contributed by atoms with van der Waals surface area (Å²) in [5.41, 5.74) is 0. The Labute approximate surface area is 136 Å². The maximum absolute atomic E-state index is 11.6. The number of nitrogens with one attached hydrogen (secondary N) is 2. The second-order valence-electron chi connectivity index (χ2n) is 6.03. The fraction of sp³-hybridized carbons (Fsp3) is 0.889. The Kier molecular flexibility index (Phi) is 15.5. The van der Waals surface area contributed by atoms with Gasteiger partial charge in [-0.05, 0) is 12.8 Å². The van der Waals surface area contributed by atoms with Gasteiger partial charge < -0.3 is 10.6 Å². The Morgan fingerprint density at radius 2 is 0.955 bits per heavy atom. The van der Waals surface area contributed by atoms with Crippen molar-refractivity contribution in [2.75, 3.05) is 13.1 Å². The average molecular weight is 312 g/mol. The van der Waals surface area contributed by atoms with Crippen LogP contribution < -0.4 is 10.6 Å². The first-order chi connectivity index (χ1) is 10.7. The van der Waals surface area contributed by atoms with Crippen molar-refractivity contribution in [1.82, 2.24) is 10.6 Å². The molecule has 4 nitrogen and oxygen atoms in total. The van der Waals surface area contributed by atoms with Crippen LogP contribution in [0.25, 0.3) is 0 Å². The summed E-state index contributed by atoms with van der Waals surface area (Å²) in [6, 6.07) is 0. The molecule has 0 spiro atoms. The fourth-order valence-corrected chi connectivity index (χ4v) is 2.32. The molecular weight excluding hydrogens is 276 g/mol. The Morgan fingerprint density at radius 3 is 1.32 bits per heavy atom. The smallest absolute Gasteiger partial charge is 0.220 e. The van der Waals surface area contributed by atoms with Gasteiger partial charge in [-0.2, -0.15) is 0 Å². The minimum absolute atomic E-state index is 0.00594. The molecule has 4 heteroatoms. The van der Waals surface area contributed by atoms with Gasteiger partial charge in [-0.15, -0.1) is 0 Å². The van der Waals surface area contributed by atoms with Crippen molar-refractivity contribution in [3.63, 3.8) is 0 Å². The van der Waals surface area contributed by atoms with E-state index in [1.807, 2.05) is 0 Å². The van der Waals surface area contributed by atoms with Crippen LogP contribution in [0.2, 0.25) is 0 Å². The van der Waals surface area contributed by atoms with Gasteiger partial charge in [0.15, 0.2) is 0 Å². The highest BCUT2D eigenvalue weighted by Gasteiger charge is 2.05. The van der Waals surface area contributed by atoms with E-state index in [1.165, 1.54) is 51.4 Å². The minimum atomic E-state index is -0.00594. The van der Waals surface area contributed by atoms with Gasteiger partial charge in [-0.25, -0.2) is 0 Å². The lowest BCUT2D eigenvalue weighted by atomic mass is 10.1. The maximum Gasteiger partial charge on any atom is 0.220 e. The number of unbranched alkanes of at least 4 members (excludes halogenated alkanes) is 8. The van der Waals surface area contributed by atoms with Crippen LogP contribution in [0.4, 0.5) is 0 Å². The molecular formula is C18H36N2O2. The van der Waals surface area contributed by atoms with Crippen LogP contribution in [-0.4, -0.2) is 24.9 Å². The second kappa shape index (κ2) is 16.3. The van der Waals surface area contributed by atoms with Gasteiger partial charge in [0.2, 0.25) is 11.8 Å². The first kappa shape index (κ1) is 20.9. The van der Waals surface area contributed by atoms with E-state index in [0.29, 0.717) is 12.8 Å². The number of carbonyl (C=O) groups excluding carboxylic acids is 2. The summed E-state index contributed by atoms with van der Waals surface area (Å²) in [7, 11) is 0. The van der Waals surface area contributed by atoms with Gasteiger partial charge in [0.05, 0.1) is 0 Å². The second-order valence-corrected chi connectivity index (χ2v) is 6.03. The summed E-state index contributed by atoms with van der Waals surface area (Å²) < 4.78 is 0. The molecule has 0 saturated heterocycles. The quantitative estimate of drug-likeness (QED) is 0.450. The topological polar surface area (TPSA) is 58.2 Å². The molecule has 0 aliphatic heterocycles. The Hall–Kier alpha value is -1.06. The zero-order chi connectivity index (χ0) is 16.5. The van der Waals surface area contributed by atoms with Gasteiger partial charge >= 0.3 is 0 Å². The van der Waals surface area contributed by atoms with Crippen LogP contribution in [-0.2, 0) is 9.59 Å². The molecule has 2 amide bonds. The van der Waals surface area contributed by atoms with Gasteiger partial charge in [0.25, 0.3) is 0 Å². The zero-order valence-electron chi connectivity index (χ0n) is 14.7. The lowest BCUT2D eigenvalue weighted by Gasteiger charge is -2.06. The normalized spacial score (nSPS) is 10.5. The van der Waals surface area contributed by atoms with E-state index < -0.39 is 0 Å². The fourth-order valence-electron chi connectivity index (χ4n) is 2.32. The standard InChI is InChI=1S/C18H36N2O2/c1-3-5-7-9-11-15-19-17(21)13-14-18(22)20-16-12-10-8-6-4-2/h3-16H2,1-2H3,(H,19,21)(H,20,22). The van der Waals surface area contributed by atoms with E-state index in [2.05, 4.69) is 24.5 Å². The number of rotatable bonds is 15. The van der Waals surface area contributed by atoms with Crippen molar-refractivity contribution >= 4 is 11.8 Å². The monoisotopic (exact) mass is 312 g/mol. The lowest BCUT2D eigenvalue weighted by molar-refractivity contribution is -0.126. The lowest BCUT2D eigenvalue weighted by Crippen LogP contribution is -2.28. The molecule has 0 rings (SSSR count). The SMILES string of the molecule is CCCCCCCNC(=O)CCC(=O)NCCCCCCC. The summed E-state index contributed by atoms with van der Waals surface area (Å²) in [5, 5.41) is 5.77. The Balaban J connectivity index is 3.36. The van der Waals surface area contributed by atoms with E-state index >= 15 is 0 Å². The minimum Gasteiger partial charge on any atom is -0.356 e. The number of hydrogen-bond donors (Lipinski definition) is 2. The Morgan fingerprint density at radius 1 is 0.591 bits per heavy atom.